The van der Waals surface area contributed by atoms with Gasteiger partial charge in [0.1, 0.15) is 16.7 Å². The van der Waals surface area contributed by atoms with Gasteiger partial charge >= 0.3 is 0 Å². The van der Waals surface area contributed by atoms with Gasteiger partial charge < -0.3 is 5.32 Å². The zero-order chi connectivity index (χ0) is 15.4. The Labute approximate surface area is 131 Å². The lowest BCUT2D eigenvalue weighted by Crippen LogP contribution is -2.04. The Morgan fingerprint density at radius 3 is 2.48 bits per heavy atom. The third kappa shape index (κ3) is 3.76. The standard InChI is InChI=1S/C17H23N3S/c1-6-7-15-19-16(18-5)13(4)17(20-15)21-14-9-8-11(2)12(3)10-14/h8-10H,6-7H2,1-5H3,(H,18,19,20). The van der Waals surface area contributed by atoms with Crippen LogP contribution < -0.4 is 5.32 Å². The maximum absolute atomic E-state index is 4.73. The van der Waals surface area contributed by atoms with E-state index in [1.165, 1.54) is 16.0 Å². The fraction of sp³-hybridized carbons (Fsp3) is 0.412. The normalized spacial score (nSPS) is 10.7. The van der Waals surface area contributed by atoms with Crippen molar-refractivity contribution in [1.82, 2.24) is 9.97 Å². The summed E-state index contributed by atoms with van der Waals surface area (Å²) in [5, 5.41) is 4.22. The van der Waals surface area contributed by atoms with Crippen LogP contribution in [0.3, 0.4) is 0 Å². The van der Waals surface area contributed by atoms with E-state index < -0.39 is 0 Å². The van der Waals surface area contributed by atoms with Crippen molar-refractivity contribution in [2.24, 2.45) is 0 Å². The molecule has 0 saturated heterocycles. The maximum atomic E-state index is 4.73. The van der Waals surface area contributed by atoms with E-state index in [0.717, 1.165) is 35.1 Å². The number of hydrogen-bond acceptors (Lipinski definition) is 4. The second kappa shape index (κ2) is 6.94. The highest BCUT2D eigenvalue weighted by atomic mass is 32.2. The number of hydrogen-bond donors (Lipinski definition) is 1. The minimum absolute atomic E-state index is 0.912. The predicted octanol–water partition coefficient (Wildman–Crippen LogP) is 4.55. The molecule has 0 radical (unpaired) electrons. The van der Waals surface area contributed by atoms with E-state index in [1.807, 2.05) is 7.05 Å². The molecule has 1 N–H and O–H groups in total. The Bertz CT molecular complexity index is 638. The summed E-state index contributed by atoms with van der Waals surface area (Å²) in [6, 6.07) is 6.55. The van der Waals surface area contributed by atoms with Crippen molar-refractivity contribution in [3.8, 4) is 0 Å². The van der Waals surface area contributed by atoms with Gasteiger partial charge in [0.25, 0.3) is 0 Å². The van der Waals surface area contributed by atoms with E-state index in [9.17, 15) is 0 Å². The Morgan fingerprint density at radius 2 is 1.86 bits per heavy atom. The van der Waals surface area contributed by atoms with E-state index in [0.29, 0.717) is 0 Å². The minimum Gasteiger partial charge on any atom is -0.373 e. The van der Waals surface area contributed by atoms with E-state index >= 15 is 0 Å². The predicted molar refractivity (Wildman–Crippen MR) is 90.3 cm³/mol. The van der Waals surface area contributed by atoms with Crippen molar-refractivity contribution < 1.29 is 0 Å². The molecule has 1 aromatic heterocycles. The van der Waals surface area contributed by atoms with Gasteiger partial charge in [0.15, 0.2) is 0 Å². The summed E-state index contributed by atoms with van der Waals surface area (Å²) in [5.74, 6) is 1.85. The summed E-state index contributed by atoms with van der Waals surface area (Å²) in [5.41, 5.74) is 3.75. The van der Waals surface area contributed by atoms with Crippen LogP contribution in [0.15, 0.2) is 28.1 Å². The first-order chi connectivity index (χ1) is 10.0. The molecule has 1 aromatic carbocycles. The molecule has 0 spiro atoms. The summed E-state index contributed by atoms with van der Waals surface area (Å²) in [6.45, 7) is 8.51. The molecule has 0 unspecified atom stereocenters. The second-order valence-electron chi connectivity index (χ2n) is 5.27. The van der Waals surface area contributed by atoms with Gasteiger partial charge in [-0.2, -0.15) is 0 Å². The van der Waals surface area contributed by atoms with Crippen LogP contribution in [0.4, 0.5) is 5.82 Å². The first-order valence-electron chi connectivity index (χ1n) is 7.35. The molecule has 4 heteroatoms. The molecule has 0 saturated carbocycles. The SMILES string of the molecule is CCCc1nc(NC)c(C)c(Sc2ccc(C)c(C)c2)n1. The molecule has 1 heterocycles. The summed E-state index contributed by atoms with van der Waals surface area (Å²) < 4.78 is 0. The summed E-state index contributed by atoms with van der Waals surface area (Å²) in [7, 11) is 1.91. The Balaban J connectivity index is 2.37. The fourth-order valence-electron chi connectivity index (χ4n) is 2.11. The molecular weight excluding hydrogens is 278 g/mol. The van der Waals surface area contributed by atoms with Crippen LogP contribution in [-0.2, 0) is 6.42 Å². The van der Waals surface area contributed by atoms with Gasteiger partial charge in [-0.05, 0) is 50.5 Å². The number of aryl methyl sites for hydroxylation is 3. The molecule has 112 valence electrons. The van der Waals surface area contributed by atoms with E-state index in [4.69, 9.17) is 4.98 Å². The van der Waals surface area contributed by atoms with Crippen LogP contribution in [0, 0.1) is 20.8 Å². The zero-order valence-electron chi connectivity index (χ0n) is 13.4. The van der Waals surface area contributed by atoms with Crippen molar-refractivity contribution in [2.45, 2.75) is 50.5 Å². The highest BCUT2D eigenvalue weighted by molar-refractivity contribution is 7.99. The zero-order valence-corrected chi connectivity index (χ0v) is 14.3. The first-order valence-corrected chi connectivity index (χ1v) is 8.17. The summed E-state index contributed by atoms with van der Waals surface area (Å²) >= 11 is 1.72. The second-order valence-corrected chi connectivity index (χ2v) is 6.33. The monoisotopic (exact) mass is 301 g/mol. The smallest absolute Gasteiger partial charge is 0.133 e. The Kier molecular flexibility index (Phi) is 5.23. The molecule has 2 aromatic rings. The highest BCUT2D eigenvalue weighted by Crippen LogP contribution is 2.32. The van der Waals surface area contributed by atoms with Crippen molar-refractivity contribution in [3.63, 3.8) is 0 Å². The molecule has 0 fully saturated rings. The van der Waals surface area contributed by atoms with Gasteiger partial charge in [0.2, 0.25) is 0 Å². The molecule has 0 aliphatic rings. The van der Waals surface area contributed by atoms with Crippen LogP contribution in [0.25, 0.3) is 0 Å². The average molecular weight is 301 g/mol. The van der Waals surface area contributed by atoms with Crippen LogP contribution in [0.2, 0.25) is 0 Å². The maximum Gasteiger partial charge on any atom is 0.133 e. The number of nitrogens with one attached hydrogen (secondary N) is 1. The fourth-order valence-corrected chi connectivity index (χ4v) is 3.10. The summed E-state index contributed by atoms with van der Waals surface area (Å²) in [4.78, 5) is 10.5. The Morgan fingerprint density at radius 1 is 1.10 bits per heavy atom. The van der Waals surface area contributed by atoms with Crippen LogP contribution in [0.1, 0.15) is 35.9 Å². The quantitative estimate of drug-likeness (QED) is 0.822. The number of aromatic nitrogens is 2. The molecular formula is C17H23N3S. The van der Waals surface area contributed by atoms with Crippen molar-refractivity contribution in [3.05, 3.63) is 40.7 Å². The van der Waals surface area contributed by atoms with E-state index in [2.05, 4.69) is 56.2 Å². The minimum atomic E-state index is 0.912. The van der Waals surface area contributed by atoms with Gasteiger partial charge in [0, 0.05) is 23.9 Å². The van der Waals surface area contributed by atoms with Gasteiger partial charge in [0.05, 0.1) is 0 Å². The van der Waals surface area contributed by atoms with Gasteiger partial charge in [-0.25, -0.2) is 9.97 Å². The van der Waals surface area contributed by atoms with Crippen molar-refractivity contribution in [1.29, 1.82) is 0 Å². The first kappa shape index (κ1) is 15.8. The number of rotatable bonds is 5. The number of nitrogens with zero attached hydrogens (tertiary/aromatic N) is 2. The lowest BCUT2D eigenvalue weighted by atomic mass is 10.1. The van der Waals surface area contributed by atoms with Crippen molar-refractivity contribution in [2.75, 3.05) is 12.4 Å². The average Bonchev–Trinajstić information content (AvgIpc) is 2.46. The lowest BCUT2D eigenvalue weighted by molar-refractivity contribution is 0.804. The van der Waals surface area contributed by atoms with Crippen LogP contribution >= 0.6 is 11.8 Å². The molecule has 0 amide bonds. The number of benzene rings is 1. The van der Waals surface area contributed by atoms with Crippen LogP contribution in [-0.4, -0.2) is 17.0 Å². The third-order valence-electron chi connectivity index (χ3n) is 3.55. The molecule has 0 aliphatic heterocycles. The van der Waals surface area contributed by atoms with Crippen molar-refractivity contribution >= 4 is 17.6 Å². The van der Waals surface area contributed by atoms with Crippen LogP contribution in [0.5, 0.6) is 0 Å². The highest BCUT2D eigenvalue weighted by Gasteiger charge is 2.11. The van der Waals surface area contributed by atoms with E-state index in [-0.39, 0.29) is 0 Å². The van der Waals surface area contributed by atoms with Gasteiger partial charge in [-0.15, -0.1) is 0 Å². The molecule has 2 rings (SSSR count). The van der Waals surface area contributed by atoms with Gasteiger partial charge in [-0.3, -0.25) is 0 Å². The van der Waals surface area contributed by atoms with Gasteiger partial charge in [-0.1, -0.05) is 24.8 Å². The molecule has 0 aliphatic carbocycles. The van der Waals surface area contributed by atoms with E-state index in [1.54, 1.807) is 11.8 Å². The lowest BCUT2D eigenvalue weighted by Gasteiger charge is -2.12. The molecule has 0 atom stereocenters. The third-order valence-corrected chi connectivity index (χ3v) is 4.63. The molecule has 21 heavy (non-hydrogen) atoms. The molecule has 3 nitrogen and oxygen atoms in total. The largest absolute Gasteiger partial charge is 0.373 e. The summed E-state index contributed by atoms with van der Waals surface area (Å²) in [6.07, 6.45) is 1.97. The Hall–Kier alpha value is -1.55. The topological polar surface area (TPSA) is 37.8 Å². The molecule has 0 bridgehead atoms. The number of anilines is 1.